The number of nitrogens with two attached hydrogens (primary N) is 1. The molecule has 0 bridgehead atoms. The van der Waals surface area contributed by atoms with Gasteiger partial charge in [0.05, 0.1) is 12.3 Å². The number of anilines is 1. The van der Waals surface area contributed by atoms with Crippen LogP contribution in [0.15, 0.2) is 24.3 Å². The Labute approximate surface area is 122 Å². The van der Waals surface area contributed by atoms with Gasteiger partial charge in [0, 0.05) is 11.3 Å². The van der Waals surface area contributed by atoms with Crippen molar-refractivity contribution in [2.45, 2.75) is 26.7 Å². The van der Waals surface area contributed by atoms with Crippen molar-refractivity contribution in [1.29, 1.82) is 0 Å². The van der Waals surface area contributed by atoms with Crippen molar-refractivity contribution in [2.24, 2.45) is 0 Å². The van der Waals surface area contributed by atoms with E-state index in [-0.39, 0.29) is 11.9 Å². The van der Waals surface area contributed by atoms with Crippen molar-refractivity contribution in [3.8, 4) is 10.6 Å². The highest BCUT2D eigenvalue weighted by Crippen LogP contribution is 2.34. The minimum atomic E-state index is -0.311. The van der Waals surface area contributed by atoms with E-state index in [4.69, 9.17) is 10.5 Å². The van der Waals surface area contributed by atoms with Gasteiger partial charge >= 0.3 is 5.97 Å². The first-order valence-corrected chi connectivity index (χ1v) is 7.39. The molecule has 0 radical (unpaired) electrons. The second-order valence-corrected chi connectivity index (χ2v) is 5.69. The van der Waals surface area contributed by atoms with Crippen molar-refractivity contribution < 1.29 is 9.53 Å². The maximum absolute atomic E-state index is 12.0. The molecule has 4 nitrogen and oxygen atoms in total. The van der Waals surface area contributed by atoms with Crippen LogP contribution in [0.3, 0.4) is 0 Å². The van der Waals surface area contributed by atoms with Crippen LogP contribution in [0.5, 0.6) is 0 Å². The molecule has 0 fully saturated rings. The Bertz CT molecular complexity index is 620. The summed E-state index contributed by atoms with van der Waals surface area (Å²) in [5.41, 5.74) is 8.26. The number of hydrogen-bond acceptors (Lipinski definition) is 5. The molecular weight excluding hydrogens is 272 g/mol. The molecule has 0 saturated carbocycles. The van der Waals surface area contributed by atoms with Crippen LogP contribution in [0, 0.1) is 0 Å². The predicted molar refractivity (Wildman–Crippen MR) is 82.0 cm³/mol. The number of hydrogen-bond donors (Lipinski definition) is 1. The molecule has 2 aromatic rings. The van der Waals surface area contributed by atoms with Gasteiger partial charge in [0.25, 0.3) is 0 Å². The fourth-order valence-electron chi connectivity index (χ4n) is 1.87. The van der Waals surface area contributed by atoms with E-state index in [1.54, 1.807) is 6.92 Å². The zero-order valence-corrected chi connectivity index (χ0v) is 12.7. The number of esters is 1. The molecular formula is C15H18N2O2S. The van der Waals surface area contributed by atoms with Crippen LogP contribution in [-0.2, 0) is 4.74 Å². The number of benzene rings is 1. The van der Waals surface area contributed by atoms with E-state index >= 15 is 0 Å². The summed E-state index contributed by atoms with van der Waals surface area (Å²) in [6.07, 6.45) is 0. The number of aromatic nitrogens is 1. The maximum Gasteiger partial charge on any atom is 0.350 e. The molecule has 106 valence electrons. The number of nitrogen functional groups attached to an aromatic ring is 1. The Morgan fingerprint density at radius 3 is 2.70 bits per heavy atom. The molecule has 1 heterocycles. The molecule has 1 aromatic carbocycles. The quantitative estimate of drug-likeness (QED) is 0.689. The lowest BCUT2D eigenvalue weighted by molar-refractivity contribution is 0.0530. The van der Waals surface area contributed by atoms with Gasteiger partial charge in [-0.15, -0.1) is 11.3 Å². The van der Waals surface area contributed by atoms with E-state index in [1.807, 2.05) is 38.1 Å². The van der Waals surface area contributed by atoms with Crippen molar-refractivity contribution in [1.82, 2.24) is 4.98 Å². The number of carbonyl (C=O) groups is 1. The van der Waals surface area contributed by atoms with Crippen LogP contribution in [0.1, 0.15) is 42.1 Å². The van der Waals surface area contributed by atoms with Crippen LogP contribution < -0.4 is 5.73 Å². The fourth-order valence-corrected chi connectivity index (χ4v) is 3.03. The SMILES string of the molecule is CCOC(=O)c1sc(-c2ccccc2N)nc1C(C)C. The third-order valence-electron chi connectivity index (χ3n) is 2.85. The van der Waals surface area contributed by atoms with Crippen LogP contribution in [0.2, 0.25) is 0 Å². The van der Waals surface area contributed by atoms with Crippen LogP contribution in [0.25, 0.3) is 10.6 Å². The minimum Gasteiger partial charge on any atom is -0.462 e. The maximum atomic E-state index is 12.0. The second kappa shape index (κ2) is 6.05. The average Bonchev–Trinajstić information content (AvgIpc) is 2.84. The predicted octanol–water partition coefficient (Wildman–Crippen LogP) is 3.69. The topological polar surface area (TPSA) is 65.2 Å². The Morgan fingerprint density at radius 2 is 2.10 bits per heavy atom. The molecule has 0 amide bonds. The summed E-state index contributed by atoms with van der Waals surface area (Å²) < 4.78 is 5.10. The molecule has 1 aromatic heterocycles. The van der Waals surface area contributed by atoms with Crippen molar-refractivity contribution >= 4 is 23.0 Å². The number of rotatable bonds is 4. The summed E-state index contributed by atoms with van der Waals surface area (Å²) in [5.74, 6) is -0.154. The van der Waals surface area contributed by atoms with Gasteiger partial charge in [0.2, 0.25) is 0 Å². The highest BCUT2D eigenvalue weighted by molar-refractivity contribution is 7.17. The van der Waals surface area contributed by atoms with Crippen molar-refractivity contribution in [2.75, 3.05) is 12.3 Å². The summed E-state index contributed by atoms with van der Waals surface area (Å²) in [6.45, 7) is 6.17. The molecule has 2 rings (SSSR count). The summed E-state index contributed by atoms with van der Waals surface area (Å²) in [5, 5.41) is 0.759. The lowest BCUT2D eigenvalue weighted by Crippen LogP contribution is -2.06. The molecule has 0 aliphatic heterocycles. The van der Waals surface area contributed by atoms with Gasteiger partial charge < -0.3 is 10.5 Å². The first kappa shape index (κ1) is 14.5. The van der Waals surface area contributed by atoms with E-state index < -0.39 is 0 Å². The summed E-state index contributed by atoms with van der Waals surface area (Å²) in [6, 6.07) is 7.53. The van der Waals surface area contributed by atoms with Gasteiger partial charge in [-0.3, -0.25) is 0 Å². The molecule has 5 heteroatoms. The number of ether oxygens (including phenoxy) is 1. The first-order valence-electron chi connectivity index (χ1n) is 6.57. The molecule has 20 heavy (non-hydrogen) atoms. The molecule has 0 atom stereocenters. The third-order valence-corrected chi connectivity index (χ3v) is 3.94. The summed E-state index contributed by atoms with van der Waals surface area (Å²) in [4.78, 5) is 17.2. The van der Waals surface area contributed by atoms with E-state index in [0.29, 0.717) is 17.2 Å². The van der Waals surface area contributed by atoms with E-state index in [2.05, 4.69) is 4.98 Å². The zero-order valence-electron chi connectivity index (χ0n) is 11.8. The Morgan fingerprint density at radius 1 is 1.40 bits per heavy atom. The molecule has 0 aliphatic carbocycles. The number of carbonyl (C=O) groups excluding carboxylic acids is 1. The third kappa shape index (κ3) is 2.82. The Hall–Kier alpha value is -1.88. The summed E-state index contributed by atoms with van der Waals surface area (Å²) in [7, 11) is 0. The molecule has 0 unspecified atom stereocenters. The molecule has 0 saturated heterocycles. The highest BCUT2D eigenvalue weighted by Gasteiger charge is 2.22. The van der Waals surface area contributed by atoms with Crippen LogP contribution in [-0.4, -0.2) is 17.6 Å². The monoisotopic (exact) mass is 290 g/mol. The van der Waals surface area contributed by atoms with E-state index in [9.17, 15) is 4.79 Å². The average molecular weight is 290 g/mol. The smallest absolute Gasteiger partial charge is 0.350 e. The lowest BCUT2D eigenvalue weighted by Gasteiger charge is -2.04. The number of thiazole rings is 1. The van der Waals surface area contributed by atoms with E-state index in [1.165, 1.54) is 11.3 Å². The van der Waals surface area contributed by atoms with Gasteiger partial charge in [-0.25, -0.2) is 9.78 Å². The Kier molecular flexibility index (Phi) is 4.39. The van der Waals surface area contributed by atoms with E-state index in [0.717, 1.165) is 16.3 Å². The normalized spacial score (nSPS) is 10.8. The fraction of sp³-hybridized carbons (Fsp3) is 0.333. The van der Waals surface area contributed by atoms with Crippen molar-refractivity contribution in [3.05, 3.63) is 34.8 Å². The van der Waals surface area contributed by atoms with Gasteiger partial charge in [-0.1, -0.05) is 26.0 Å². The first-order chi connectivity index (χ1) is 9.54. The minimum absolute atomic E-state index is 0.157. The van der Waals surface area contributed by atoms with Crippen LogP contribution >= 0.6 is 11.3 Å². The largest absolute Gasteiger partial charge is 0.462 e. The van der Waals surface area contributed by atoms with Gasteiger partial charge in [0.15, 0.2) is 0 Å². The van der Waals surface area contributed by atoms with Gasteiger partial charge in [0.1, 0.15) is 9.88 Å². The summed E-state index contributed by atoms with van der Waals surface area (Å²) >= 11 is 1.34. The number of nitrogens with zero attached hydrogens (tertiary/aromatic N) is 1. The van der Waals surface area contributed by atoms with Crippen LogP contribution in [0.4, 0.5) is 5.69 Å². The lowest BCUT2D eigenvalue weighted by atomic mass is 10.1. The van der Waals surface area contributed by atoms with Crippen molar-refractivity contribution in [3.63, 3.8) is 0 Å². The molecule has 2 N–H and O–H groups in total. The standard InChI is InChI=1S/C15H18N2O2S/c1-4-19-15(18)13-12(9(2)3)17-14(20-13)10-7-5-6-8-11(10)16/h5-9H,4,16H2,1-3H3. The zero-order chi connectivity index (χ0) is 14.7. The van der Waals surface area contributed by atoms with Gasteiger partial charge in [-0.05, 0) is 25.0 Å². The Balaban J connectivity index is 2.50. The second-order valence-electron chi connectivity index (χ2n) is 4.70. The highest BCUT2D eigenvalue weighted by atomic mass is 32.1. The van der Waals surface area contributed by atoms with Gasteiger partial charge in [-0.2, -0.15) is 0 Å². The molecule has 0 aliphatic rings. The molecule has 0 spiro atoms. The number of para-hydroxylation sites is 1.